The molecular formula is C25H25N3O3. The van der Waals surface area contributed by atoms with Gasteiger partial charge in [0.15, 0.2) is 0 Å². The van der Waals surface area contributed by atoms with Crippen molar-refractivity contribution in [2.45, 2.75) is 0 Å². The summed E-state index contributed by atoms with van der Waals surface area (Å²) >= 11 is 0. The molecule has 6 nitrogen and oxygen atoms in total. The fraction of sp³-hybridized carbons (Fsp3) is 0.120. The Hall–Kier alpha value is -4.06. The first-order valence-corrected chi connectivity index (χ1v) is 9.77. The van der Waals surface area contributed by atoms with Crippen LogP contribution in [-0.2, 0) is 4.79 Å². The molecule has 0 radical (unpaired) electrons. The summed E-state index contributed by atoms with van der Waals surface area (Å²) in [6.07, 6.45) is 1.65. The van der Waals surface area contributed by atoms with Crippen LogP contribution in [0.1, 0.15) is 15.9 Å². The van der Waals surface area contributed by atoms with E-state index >= 15 is 0 Å². The van der Waals surface area contributed by atoms with Crippen molar-refractivity contribution in [3.8, 4) is 5.75 Å². The normalized spacial score (nSPS) is 10.9. The molecule has 2 amide bonds. The minimum absolute atomic E-state index is 0.141. The van der Waals surface area contributed by atoms with E-state index in [1.807, 2.05) is 49.3 Å². The Morgan fingerprint density at radius 1 is 0.871 bits per heavy atom. The van der Waals surface area contributed by atoms with Gasteiger partial charge < -0.3 is 20.3 Å². The first kappa shape index (κ1) is 21.6. The third-order valence-corrected chi connectivity index (χ3v) is 4.60. The zero-order chi connectivity index (χ0) is 22.2. The first-order valence-electron chi connectivity index (χ1n) is 9.77. The van der Waals surface area contributed by atoms with E-state index in [1.54, 1.807) is 61.7 Å². The molecule has 0 bridgehead atoms. The van der Waals surface area contributed by atoms with E-state index in [2.05, 4.69) is 10.6 Å². The number of hydrogen-bond acceptors (Lipinski definition) is 4. The summed E-state index contributed by atoms with van der Waals surface area (Å²) in [5.41, 5.74) is 3.03. The first-order chi connectivity index (χ1) is 15.0. The second-order valence-corrected chi connectivity index (χ2v) is 7.05. The van der Waals surface area contributed by atoms with Gasteiger partial charge in [0.25, 0.3) is 11.8 Å². The van der Waals surface area contributed by atoms with Crippen molar-refractivity contribution in [3.63, 3.8) is 0 Å². The van der Waals surface area contributed by atoms with Gasteiger partial charge in [0.05, 0.1) is 7.11 Å². The molecule has 0 atom stereocenters. The Bertz CT molecular complexity index is 1060. The lowest BCUT2D eigenvalue weighted by Crippen LogP contribution is -2.30. The molecule has 158 valence electrons. The van der Waals surface area contributed by atoms with E-state index in [1.165, 1.54) is 0 Å². The van der Waals surface area contributed by atoms with Crippen molar-refractivity contribution in [2.75, 3.05) is 31.4 Å². The highest BCUT2D eigenvalue weighted by molar-refractivity contribution is 6.10. The van der Waals surface area contributed by atoms with E-state index in [9.17, 15) is 9.59 Å². The van der Waals surface area contributed by atoms with Crippen LogP contribution < -0.4 is 20.3 Å². The molecule has 0 unspecified atom stereocenters. The summed E-state index contributed by atoms with van der Waals surface area (Å²) in [6.45, 7) is 0. The van der Waals surface area contributed by atoms with Crippen LogP contribution in [0.3, 0.4) is 0 Å². The molecule has 0 saturated carbocycles. The number of methoxy groups -OCH3 is 1. The van der Waals surface area contributed by atoms with Crippen molar-refractivity contribution in [2.24, 2.45) is 0 Å². The second kappa shape index (κ2) is 10.1. The van der Waals surface area contributed by atoms with E-state index in [0.717, 1.165) is 11.3 Å². The number of benzene rings is 3. The predicted molar refractivity (Wildman–Crippen MR) is 124 cm³/mol. The third-order valence-electron chi connectivity index (χ3n) is 4.60. The molecule has 6 heteroatoms. The van der Waals surface area contributed by atoms with Crippen LogP contribution in [-0.4, -0.2) is 33.0 Å². The molecule has 0 heterocycles. The summed E-state index contributed by atoms with van der Waals surface area (Å²) in [7, 11) is 5.49. The Labute approximate surface area is 182 Å². The molecule has 0 aliphatic carbocycles. The SMILES string of the molecule is COc1ccc(NC(=O)/C(=C\c2ccc(N(C)C)cc2)NC(=O)c2ccccc2)cc1. The minimum Gasteiger partial charge on any atom is -0.497 e. The summed E-state index contributed by atoms with van der Waals surface area (Å²) < 4.78 is 5.14. The van der Waals surface area contributed by atoms with Crippen LogP contribution in [0.15, 0.2) is 84.6 Å². The van der Waals surface area contributed by atoms with E-state index < -0.39 is 5.91 Å². The molecule has 0 aromatic heterocycles. The lowest BCUT2D eigenvalue weighted by molar-refractivity contribution is -0.113. The van der Waals surface area contributed by atoms with Gasteiger partial charge in [-0.3, -0.25) is 9.59 Å². The van der Waals surface area contributed by atoms with Gasteiger partial charge in [0.2, 0.25) is 0 Å². The molecule has 0 spiro atoms. The third kappa shape index (κ3) is 5.96. The van der Waals surface area contributed by atoms with Crippen molar-refractivity contribution < 1.29 is 14.3 Å². The quantitative estimate of drug-likeness (QED) is 0.568. The molecule has 0 saturated heterocycles. The fourth-order valence-corrected chi connectivity index (χ4v) is 2.85. The summed E-state index contributed by atoms with van der Waals surface area (Å²) in [6, 6.07) is 23.4. The number of rotatable bonds is 7. The lowest BCUT2D eigenvalue weighted by atomic mass is 10.1. The van der Waals surface area contributed by atoms with Crippen LogP contribution in [0.2, 0.25) is 0 Å². The van der Waals surface area contributed by atoms with Gasteiger partial charge in [-0.2, -0.15) is 0 Å². The second-order valence-electron chi connectivity index (χ2n) is 7.05. The van der Waals surface area contributed by atoms with Crippen molar-refractivity contribution >= 4 is 29.3 Å². The summed E-state index contributed by atoms with van der Waals surface area (Å²) in [5.74, 6) is -0.0973. The fourth-order valence-electron chi connectivity index (χ4n) is 2.85. The number of hydrogen-bond donors (Lipinski definition) is 2. The van der Waals surface area contributed by atoms with Gasteiger partial charge in [0.1, 0.15) is 11.4 Å². The molecule has 0 fully saturated rings. The number of amides is 2. The highest BCUT2D eigenvalue weighted by atomic mass is 16.5. The number of anilines is 2. The van der Waals surface area contributed by atoms with Crippen LogP contribution in [0.4, 0.5) is 11.4 Å². The zero-order valence-electron chi connectivity index (χ0n) is 17.8. The maximum absolute atomic E-state index is 13.0. The van der Waals surface area contributed by atoms with Gasteiger partial charge in [0, 0.05) is 31.0 Å². The molecule has 31 heavy (non-hydrogen) atoms. The average Bonchev–Trinajstić information content (AvgIpc) is 2.80. The number of carbonyl (C=O) groups is 2. The van der Waals surface area contributed by atoms with Gasteiger partial charge >= 0.3 is 0 Å². The number of nitrogens with zero attached hydrogens (tertiary/aromatic N) is 1. The maximum Gasteiger partial charge on any atom is 0.272 e. The molecule has 3 rings (SSSR count). The lowest BCUT2D eigenvalue weighted by Gasteiger charge is -2.13. The van der Waals surface area contributed by atoms with Crippen molar-refractivity contribution in [1.82, 2.24) is 5.32 Å². The molecule has 0 aliphatic heterocycles. The van der Waals surface area contributed by atoms with Crippen LogP contribution in [0.5, 0.6) is 5.75 Å². The highest BCUT2D eigenvalue weighted by Gasteiger charge is 2.15. The van der Waals surface area contributed by atoms with Crippen molar-refractivity contribution in [1.29, 1.82) is 0 Å². The number of nitrogens with one attached hydrogen (secondary N) is 2. The van der Waals surface area contributed by atoms with E-state index in [4.69, 9.17) is 4.74 Å². The van der Waals surface area contributed by atoms with Gasteiger partial charge in [-0.05, 0) is 60.2 Å². The predicted octanol–water partition coefficient (Wildman–Crippen LogP) is 4.17. The minimum atomic E-state index is -0.425. The van der Waals surface area contributed by atoms with Gasteiger partial charge in [-0.25, -0.2) is 0 Å². The Morgan fingerprint density at radius 3 is 2.10 bits per heavy atom. The largest absolute Gasteiger partial charge is 0.497 e. The van der Waals surface area contributed by atoms with Crippen LogP contribution in [0.25, 0.3) is 6.08 Å². The molecular weight excluding hydrogens is 390 g/mol. The highest BCUT2D eigenvalue weighted by Crippen LogP contribution is 2.17. The van der Waals surface area contributed by atoms with Gasteiger partial charge in [-0.15, -0.1) is 0 Å². The summed E-state index contributed by atoms with van der Waals surface area (Å²) in [4.78, 5) is 27.6. The average molecular weight is 415 g/mol. The standard InChI is InChI=1S/C25H25N3O3/c1-28(2)21-13-9-18(10-14-21)17-23(27-24(29)19-7-5-4-6-8-19)25(30)26-20-11-15-22(31-3)16-12-20/h4-17H,1-3H3,(H,26,30)(H,27,29)/b23-17+. The van der Waals surface area contributed by atoms with E-state index in [0.29, 0.717) is 17.0 Å². The van der Waals surface area contributed by atoms with Gasteiger partial charge in [-0.1, -0.05) is 30.3 Å². The maximum atomic E-state index is 13.0. The number of carbonyl (C=O) groups excluding carboxylic acids is 2. The zero-order valence-corrected chi connectivity index (χ0v) is 17.8. The van der Waals surface area contributed by atoms with Crippen LogP contribution >= 0.6 is 0 Å². The summed E-state index contributed by atoms with van der Waals surface area (Å²) in [5, 5.41) is 5.55. The molecule has 3 aromatic rings. The smallest absolute Gasteiger partial charge is 0.272 e. The van der Waals surface area contributed by atoms with Crippen molar-refractivity contribution in [3.05, 3.63) is 95.7 Å². The Kier molecular flexibility index (Phi) is 7.06. The van der Waals surface area contributed by atoms with E-state index in [-0.39, 0.29) is 11.6 Å². The monoisotopic (exact) mass is 415 g/mol. The molecule has 2 N–H and O–H groups in total. The number of ether oxygens (including phenoxy) is 1. The molecule has 3 aromatic carbocycles. The van der Waals surface area contributed by atoms with Crippen LogP contribution in [0, 0.1) is 0 Å². The molecule has 0 aliphatic rings. The Morgan fingerprint density at radius 2 is 1.52 bits per heavy atom. The Balaban J connectivity index is 1.86. The topological polar surface area (TPSA) is 70.7 Å².